The maximum atomic E-state index is 12.6. The minimum absolute atomic E-state index is 0.0469. The predicted molar refractivity (Wildman–Crippen MR) is 72.7 cm³/mol. The summed E-state index contributed by atoms with van der Waals surface area (Å²) in [5, 5.41) is 9.87. The Balaban J connectivity index is 2.98. The van der Waals surface area contributed by atoms with Crippen LogP contribution in [-0.2, 0) is 9.09 Å². The zero-order valence-corrected chi connectivity index (χ0v) is 12.3. The van der Waals surface area contributed by atoms with Crippen molar-refractivity contribution in [2.45, 2.75) is 32.9 Å². The van der Waals surface area contributed by atoms with Gasteiger partial charge in [0.05, 0.1) is 16.7 Å². The SMILES string of the molecule is CCOP(=O)(Oc1ccc([N+](=O)[O-])cc1)C(C)(C)C. The molecule has 1 unspecified atom stereocenters. The molecule has 0 aliphatic rings. The van der Waals surface area contributed by atoms with Gasteiger partial charge in [0.15, 0.2) is 0 Å². The van der Waals surface area contributed by atoms with Crippen LogP contribution in [0.25, 0.3) is 0 Å². The van der Waals surface area contributed by atoms with Crippen molar-refractivity contribution in [2.24, 2.45) is 0 Å². The Hall–Kier alpha value is -1.39. The van der Waals surface area contributed by atoms with E-state index in [1.807, 2.05) is 0 Å². The van der Waals surface area contributed by atoms with Crippen LogP contribution < -0.4 is 4.52 Å². The minimum Gasteiger partial charge on any atom is -0.424 e. The fourth-order valence-electron chi connectivity index (χ4n) is 1.29. The first-order valence-corrected chi connectivity index (χ1v) is 7.42. The lowest BCUT2D eigenvalue weighted by atomic mass is 10.3. The van der Waals surface area contributed by atoms with Gasteiger partial charge < -0.3 is 4.52 Å². The van der Waals surface area contributed by atoms with Crippen LogP contribution in [0.4, 0.5) is 5.69 Å². The summed E-state index contributed by atoms with van der Waals surface area (Å²) in [7, 11) is -3.33. The largest absolute Gasteiger partial charge is 0.424 e. The van der Waals surface area contributed by atoms with Crippen LogP contribution in [0.3, 0.4) is 0 Å². The van der Waals surface area contributed by atoms with Gasteiger partial charge in [-0.2, -0.15) is 0 Å². The first-order chi connectivity index (χ1) is 8.69. The third-order valence-corrected chi connectivity index (χ3v) is 5.09. The highest BCUT2D eigenvalue weighted by molar-refractivity contribution is 7.55. The number of rotatable bonds is 5. The lowest BCUT2D eigenvalue weighted by Gasteiger charge is -2.29. The maximum absolute atomic E-state index is 12.6. The molecule has 1 rings (SSSR count). The summed E-state index contributed by atoms with van der Waals surface area (Å²) >= 11 is 0. The van der Waals surface area contributed by atoms with Gasteiger partial charge in [-0.1, -0.05) is 0 Å². The number of nitrogens with zero attached hydrogens (tertiary/aromatic N) is 1. The fourth-order valence-corrected chi connectivity index (χ4v) is 2.75. The average molecular weight is 287 g/mol. The average Bonchev–Trinajstić information content (AvgIpc) is 2.28. The molecule has 0 aromatic heterocycles. The highest BCUT2D eigenvalue weighted by atomic mass is 31.2. The van der Waals surface area contributed by atoms with Crippen molar-refractivity contribution in [3.05, 3.63) is 34.4 Å². The van der Waals surface area contributed by atoms with Crippen molar-refractivity contribution < 1.29 is 18.5 Å². The molecule has 106 valence electrons. The zero-order chi connectivity index (χ0) is 14.7. The third kappa shape index (κ3) is 3.78. The van der Waals surface area contributed by atoms with Gasteiger partial charge in [-0.3, -0.25) is 14.6 Å². The van der Waals surface area contributed by atoms with E-state index in [-0.39, 0.29) is 18.0 Å². The van der Waals surface area contributed by atoms with E-state index in [0.29, 0.717) is 0 Å². The smallest absolute Gasteiger partial charge is 0.384 e. The highest BCUT2D eigenvalue weighted by Crippen LogP contribution is 2.59. The van der Waals surface area contributed by atoms with Crippen LogP contribution in [0.5, 0.6) is 5.75 Å². The monoisotopic (exact) mass is 287 g/mol. The molecule has 1 aromatic carbocycles. The van der Waals surface area contributed by atoms with Crippen molar-refractivity contribution >= 4 is 13.3 Å². The molecule has 0 bridgehead atoms. The van der Waals surface area contributed by atoms with Crippen molar-refractivity contribution in [3.8, 4) is 5.75 Å². The summed E-state index contributed by atoms with van der Waals surface area (Å²) in [5.74, 6) is 0.289. The number of hydrogen-bond donors (Lipinski definition) is 0. The zero-order valence-electron chi connectivity index (χ0n) is 11.5. The van der Waals surface area contributed by atoms with Gasteiger partial charge in [0, 0.05) is 12.1 Å². The van der Waals surface area contributed by atoms with Gasteiger partial charge in [0.25, 0.3) is 5.69 Å². The molecule has 0 fully saturated rings. The normalized spacial score (nSPS) is 14.7. The summed E-state index contributed by atoms with van der Waals surface area (Å²) in [6.07, 6.45) is 0. The third-order valence-electron chi connectivity index (χ3n) is 2.39. The first kappa shape index (κ1) is 15.7. The predicted octanol–water partition coefficient (Wildman–Crippen LogP) is 4.00. The van der Waals surface area contributed by atoms with E-state index in [1.54, 1.807) is 27.7 Å². The number of benzene rings is 1. The van der Waals surface area contributed by atoms with E-state index in [2.05, 4.69) is 0 Å². The van der Waals surface area contributed by atoms with Crippen LogP contribution in [0.1, 0.15) is 27.7 Å². The second kappa shape index (κ2) is 5.72. The fraction of sp³-hybridized carbons (Fsp3) is 0.500. The van der Waals surface area contributed by atoms with E-state index in [1.165, 1.54) is 24.3 Å². The summed E-state index contributed by atoms with van der Waals surface area (Å²) in [4.78, 5) is 10.0. The lowest BCUT2D eigenvalue weighted by Crippen LogP contribution is -2.20. The molecular weight excluding hydrogens is 269 g/mol. The summed E-state index contributed by atoms with van der Waals surface area (Å²) in [5.41, 5.74) is -0.0469. The summed E-state index contributed by atoms with van der Waals surface area (Å²) in [6.45, 7) is 7.28. The van der Waals surface area contributed by atoms with Gasteiger partial charge in [-0.15, -0.1) is 0 Å². The van der Waals surface area contributed by atoms with Crippen LogP contribution in [0.15, 0.2) is 24.3 Å². The van der Waals surface area contributed by atoms with E-state index in [0.717, 1.165) is 0 Å². The quantitative estimate of drug-likeness (QED) is 0.464. The molecule has 0 aliphatic heterocycles. The van der Waals surface area contributed by atoms with Crippen molar-refractivity contribution in [1.82, 2.24) is 0 Å². The molecule has 0 saturated carbocycles. The molecule has 19 heavy (non-hydrogen) atoms. The van der Waals surface area contributed by atoms with E-state index < -0.39 is 17.7 Å². The molecule has 0 amide bonds. The molecule has 1 aromatic rings. The maximum Gasteiger partial charge on any atom is 0.384 e. The Morgan fingerprint density at radius 1 is 1.26 bits per heavy atom. The number of nitro benzene ring substituents is 1. The highest BCUT2D eigenvalue weighted by Gasteiger charge is 2.41. The van der Waals surface area contributed by atoms with Crippen LogP contribution >= 0.6 is 7.60 Å². The molecule has 7 heteroatoms. The van der Waals surface area contributed by atoms with E-state index in [4.69, 9.17) is 9.05 Å². The van der Waals surface area contributed by atoms with Crippen molar-refractivity contribution in [2.75, 3.05) is 6.61 Å². The van der Waals surface area contributed by atoms with Crippen molar-refractivity contribution in [1.29, 1.82) is 0 Å². The second-order valence-electron chi connectivity index (χ2n) is 4.93. The summed E-state index contributed by atoms with van der Waals surface area (Å²) in [6, 6.07) is 5.42. The van der Waals surface area contributed by atoms with Crippen LogP contribution in [0, 0.1) is 10.1 Å². The molecule has 0 radical (unpaired) electrons. The number of non-ortho nitro benzene ring substituents is 1. The van der Waals surface area contributed by atoms with E-state index >= 15 is 0 Å². The molecular formula is C12H18NO5P. The second-order valence-corrected chi connectivity index (χ2v) is 7.71. The van der Waals surface area contributed by atoms with Crippen molar-refractivity contribution in [3.63, 3.8) is 0 Å². The Kier molecular flexibility index (Phi) is 4.71. The van der Waals surface area contributed by atoms with Crippen LogP contribution in [0.2, 0.25) is 0 Å². The molecule has 0 N–H and O–H groups in total. The van der Waals surface area contributed by atoms with E-state index in [9.17, 15) is 14.7 Å². The lowest BCUT2D eigenvalue weighted by molar-refractivity contribution is -0.384. The molecule has 6 nitrogen and oxygen atoms in total. The molecule has 1 atom stereocenters. The first-order valence-electron chi connectivity index (χ1n) is 5.88. The minimum atomic E-state index is -3.33. The number of nitro groups is 1. The Bertz CT molecular complexity index is 492. The molecule has 0 heterocycles. The Morgan fingerprint density at radius 3 is 2.16 bits per heavy atom. The standard InChI is InChI=1S/C12H18NO5P/c1-5-17-19(16,12(2,3)4)18-11-8-6-10(7-9-11)13(14)15/h6-9H,5H2,1-4H3. The number of hydrogen-bond acceptors (Lipinski definition) is 5. The van der Waals surface area contributed by atoms with Gasteiger partial charge in [0.2, 0.25) is 0 Å². The van der Waals surface area contributed by atoms with Gasteiger partial charge in [0.1, 0.15) is 5.75 Å². The van der Waals surface area contributed by atoms with Gasteiger partial charge in [-0.05, 0) is 39.8 Å². The Morgan fingerprint density at radius 2 is 1.79 bits per heavy atom. The Labute approximate surface area is 112 Å². The molecule has 0 saturated heterocycles. The molecule has 0 aliphatic carbocycles. The van der Waals surface area contributed by atoms with Crippen LogP contribution in [-0.4, -0.2) is 16.7 Å². The van der Waals surface area contributed by atoms with Gasteiger partial charge in [-0.25, -0.2) is 4.57 Å². The topological polar surface area (TPSA) is 78.7 Å². The molecule has 0 spiro atoms. The summed E-state index contributed by atoms with van der Waals surface area (Å²) < 4.78 is 23.4. The van der Waals surface area contributed by atoms with Gasteiger partial charge >= 0.3 is 7.60 Å².